The van der Waals surface area contributed by atoms with Crippen LogP contribution in [0.4, 0.5) is 0 Å². The van der Waals surface area contributed by atoms with Crippen LogP contribution in [0.15, 0.2) is 83.3 Å². The van der Waals surface area contributed by atoms with Gasteiger partial charge in [0.2, 0.25) is 11.8 Å². The van der Waals surface area contributed by atoms with E-state index in [2.05, 4.69) is 21.2 Å². The molecule has 0 aromatic heterocycles. The summed E-state index contributed by atoms with van der Waals surface area (Å²) in [6.45, 7) is 0.377. The van der Waals surface area contributed by atoms with Gasteiger partial charge in [-0.25, -0.2) is 0 Å². The summed E-state index contributed by atoms with van der Waals surface area (Å²) < 4.78 is 0.877. The SMILES string of the molecule is CNC(=O)[C@H](Cc1ccccc1)N(Cc1cccc(Br)c1)C(=O)CCCN1C(=O)c2ccccc2C1=O. The van der Waals surface area contributed by atoms with Crippen LogP contribution >= 0.6 is 15.9 Å². The lowest BCUT2D eigenvalue weighted by Gasteiger charge is -2.31. The van der Waals surface area contributed by atoms with Crippen molar-refractivity contribution in [2.75, 3.05) is 13.6 Å². The van der Waals surface area contributed by atoms with Crippen LogP contribution in [-0.4, -0.2) is 53.1 Å². The molecule has 0 aliphatic carbocycles. The number of benzene rings is 3. The predicted octanol–water partition coefficient (Wildman–Crippen LogP) is 4.21. The number of likely N-dealkylation sites (N-methyl/N-ethyl adjacent to an activating group) is 1. The molecule has 0 unspecified atom stereocenters. The molecule has 0 spiro atoms. The van der Waals surface area contributed by atoms with E-state index in [9.17, 15) is 19.2 Å². The van der Waals surface area contributed by atoms with E-state index in [1.54, 1.807) is 36.2 Å². The molecular weight excluding hydrogens is 534 g/mol. The number of amides is 4. The maximum atomic E-state index is 13.6. The maximum Gasteiger partial charge on any atom is 0.261 e. The first-order chi connectivity index (χ1) is 17.9. The van der Waals surface area contributed by atoms with Crippen molar-refractivity contribution in [3.63, 3.8) is 0 Å². The molecule has 0 saturated heterocycles. The Morgan fingerprint density at radius 1 is 0.892 bits per heavy atom. The summed E-state index contributed by atoms with van der Waals surface area (Å²) in [5.74, 6) is -1.16. The Morgan fingerprint density at radius 3 is 2.14 bits per heavy atom. The topological polar surface area (TPSA) is 86.8 Å². The minimum Gasteiger partial charge on any atom is -0.357 e. The highest BCUT2D eigenvalue weighted by atomic mass is 79.9. The number of carbonyl (C=O) groups excluding carboxylic acids is 4. The molecule has 3 aromatic rings. The van der Waals surface area contributed by atoms with Crippen LogP contribution in [0.2, 0.25) is 0 Å². The van der Waals surface area contributed by atoms with E-state index in [1.165, 1.54) is 4.90 Å². The third-order valence-corrected chi connectivity index (χ3v) is 6.90. The van der Waals surface area contributed by atoms with E-state index in [1.807, 2.05) is 54.6 Å². The largest absolute Gasteiger partial charge is 0.357 e. The van der Waals surface area contributed by atoms with Gasteiger partial charge in [-0.3, -0.25) is 24.1 Å². The fraction of sp³-hybridized carbons (Fsp3) is 0.241. The number of halogens is 1. The standard InChI is InChI=1S/C29H28BrN3O4/c1-31-27(35)25(18-20-9-3-2-4-10-20)33(19-21-11-7-12-22(30)17-21)26(34)15-8-16-32-28(36)23-13-5-6-14-24(23)29(32)37/h2-7,9-14,17,25H,8,15-16,18-19H2,1H3,(H,31,35)/t25-/m0/s1. The van der Waals surface area contributed by atoms with Crippen LogP contribution in [0.25, 0.3) is 0 Å². The summed E-state index contributed by atoms with van der Waals surface area (Å²) in [4.78, 5) is 54.7. The van der Waals surface area contributed by atoms with Gasteiger partial charge in [0.05, 0.1) is 11.1 Å². The predicted molar refractivity (Wildman–Crippen MR) is 144 cm³/mol. The number of fused-ring (bicyclic) bond motifs is 1. The molecule has 1 aliphatic rings. The number of hydrogen-bond donors (Lipinski definition) is 1. The minimum absolute atomic E-state index is 0.0870. The first-order valence-corrected chi connectivity index (χ1v) is 12.9. The zero-order chi connectivity index (χ0) is 26.4. The van der Waals surface area contributed by atoms with Crippen molar-refractivity contribution < 1.29 is 19.2 Å². The van der Waals surface area contributed by atoms with E-state index >= 15 is 0 Å². The van der Waals surface area contributed by atoms with Gasteiger partial charge >= 0.3 is 0 Å². The highest BCUT2D eigenvalue weighted by Crippen LogP contribution is 2.23. The van der Waals surface area contributed by atoms with E-state index in [-0.39, 0.29) is 43.1 Å². The zero-order valence-corrected chi connectivity index (χ0v) is 22.1. The Hall–Kier alpha value is -3.78. The minimum atomic E-state index is -0.724. The maximum absolute atomic E-state index is 13.6. The lowest BCUT2D eigenvalue weighted by molar-refractivity contribution is -0.141. The summed E-state index contributed by atoms with van der Waals surface area (Å²) in [6.07, 6.45) is 0.743. The fourth-order valence-corrected chi connectivity index (χ4v) is 4.97. The van der Waals surface area contributed by atoms with Gasteiger partial charge in [0, 0.05) is 37.5 Å². The summed E-state index contributed by atoms with van der Waals surface area (Å²) >= 11 is 3.47. The highest BCUT2D eigenvalue weighted by Gasteiger charge is 2.35. The molecule has 1 N–H and O–H groups in total. The van der Waals surface area contributed by atoms with E-state index < -0.39 is 6.04 Å². The molecule has 0 bridgehead atoms. The van der Waals surface area contributed by atoms with Crippen molar-refractivity contribution in [2.45, 2.75) is 31.8 Å². The van der Waals surface area contributed by atoms with Crippen molar-refractivity contribution in [1.29, 1.82) is 0 Å². The molecule has 8 heteroatoms. The highest BCUT2D eigenvalue weighted by molar-refractivity contribution is 9.10. The summed E-state index contributed by atoms with van der Waals surface area (Å²) in [7, 11) is 1.56. The van der Waals surface area contributed by atoms with E-state index in [0.717, 1.165) is 15.6 Å². The van der Waals surface area contributed by atoms with E-state index in [0.29, 0.717) is 24.0 Å². The summed E-state index contributed by atoms with van der Waals surface area (Å²) in [6, 6.07) is 23.2. The van der Waals surface area contributed by atoms with Crippen LogP contribution in [0.5, 0.6) is 0 Å². The normalized spacial score (nSPS) is 13.3. The molecule has 190 valence electrons. The number of imide groups is 1. The molecule has 0 radical (unpaired) electrons. The second-order valence-electron chi connectivity index (χ2n) is 8.88. The van der Waals surface area contributed by atoms with Crippen LogP contribution in [-0.2, 0) is 22.6 Å². The summed E-state index contributed by atoms with van der Waals surface area (Å²) in [5, 5.41) is 2.70. The smallest absolute Gasteiger partial charge is 0.261 e. The second kappa shape index (κ2) is 12.0. The number of rotatable bonds is 10. The van der Waals surface area contributed by atoms with E-state index in [4.69, 9.17) is 0 Å². The Kier molecular flexibility index (Phi) is 8.50. The number of nitrogens with zero attached hydrogens (tertiary/aromatic N) is 2. The molecule has 1 aliphatic heterocycles. The van der Waals surface area contributed by atoms with Crippen LogP contribution in [0.1, 0.15) is 44.7 Å². The molecular formula is C29H28BrN3O4. The van der Waals surface area contributed by atoms with Gasteiger partial charge in [0.1, 0.15) is 6.04 Å². The summed E-state index contributed by atoms with van der Waals surface area (Å²) in [5.41, 5.74) is 2.59. The van der Waals surface area contributed by atoms with Gasteiger partial charge in [0.15, 0.2) is 0 Å². The molecule has 0 saturated carbocycles. The molecule has 7 nitrogen and oxygen atoms in total. The quantitative estimate of drug-likeness (QED) is 0.375. The van der Waals surface area contributed by atoms with Crippen LogP contribution in [0, 0.1) is 0 Å². The average molecular weight is 562 g/mol. The zero-order valence-electron chi connectivity index (χ0n) is 20.5. The third kappa shape index (κ3) is 6.14. The fourth-order valence-electron chi connectivity index (χ4n) is 4.53. The molecule has 4 amide bonds. The number of nitrogens with one attached hydrogen (secondary N) is 1. The van der Waals surface area contributed by atoms with Gasteiger partial charge < -0.3 is 10.2 Å². The van der Waals surface area contributed by atoms with Crippen LogP contribution < -0.4 is 5.32 Å². The molecule has 0 fully saturated rings. The first kappa shape index (κ1) is 26.3. The van der Waals surface area contributed by atoms with Crippen molar-refractivity contribution >= 4 is 39.6 Å². The van der Waals surface area contributed by atoms with Crippen molar-refractivity contribution in [3.05, 3.63) is 106 Å². The van der Waals surface area contributed by atoms with Gasteiger partial charge in [-0.15, -0.1) is 0 Å². The molecule has 1 heterocycles. The van der Waals surface area contributed by atoms with Gasteiger partial charge in [-0.2, -0.15) is 0 Å². The van der Waals surface area contributed by atoms with Crippen molar-refractivity contribution in [1.82, 2.24) is 15.1 Å². The molecule has 4 rings (SSSR count). The van der Waals surface area contributed by atoms with Crippen molar-refractivity contribution in [3.8, 4) is 0 Å². The number of hydrogen-bond acceptors (Lipinski definition) is 4. The first-order valence-electron chi connectivity index (χ1n) is 12.1. The van der Waals surface area contributed by atoms with Crippen molar-refractivity contribution in [2.24, 2.45) is 0 Å². The second-order valence-corrected chi connectivity index (χ2v) is 9.80. The monoisotopic (exact) mass is 561 g/mol. The Morgan fingerprint density at radius 2 is 1.51 bits per heavy atom. The van der Waals surface area contributed by atoms with Crippen LogP contribution in [0.3, 0.4) is 0 Å². The van der Waals surface area contributed by atoms with Gasteiger partial charge in [-0.1, -0.05) is 70.5 Å². The molecule has 3 aromatic carbocycles. The molecule has 37 heavy (non-hydrogen) atoms. The Balaban J connectivity index is 1.51. The van der Waals surface area contributed by atoms with Gasteiger partial charge in [-0.05, 0) is 41.8 Å². The lowest BCUT2D eigenvalue weighted by atomic mass is 10.0. The lowest BCUT2D eigenvalue weighted by Crippen LogP contribution is -2.49. The Labute approximate surface area is 224 Å². The van der Waals surface area contributed by atoms with Gasteiger partial charge in [0.25, 0.3) is 11.8 Å². The molecule has 1 atom stereocenters. The average Bonchev–Trinajstić information content (AvgIpc) is 3.15. The third-order valence-electron chi connectivity index (χ3n) is 6.41. The Bertz CT molecular complexity index is 1280. The number of carbonyl (C=O) groups is 4.